The molecule has 0 unspecified atom stereocenters. The zero-order chi connectivity index (χ0) is 18.5. The molecule has 134 valence electrons. The molecule has 0 aliphatic carbocycles. The van der Waals surface area contributed by atoms with Crippen LogP contribution in [0.1, 0.15) is 47.1 Å². The summed E-state index contributed by atoms with van der Waals surface area (Å²) < 4.78 is 0. The highest BCUT2D eigenvalue weighted by Gasteiger charge is 2.16. The molecular weight excluding hydrogens is 316 g/mol. The van der Waals surface area contributed by atoms with Gasteiger partial charge in [0.1, 0.15) is 0 Å². The van der Waals surface area contributed by atoms with Crippen molar-refractivity contribution in [3.05, 3.63) is 30.1 Å². The Bertz CT molecular complexity index is 679. The second-order valence-electron chi connectivity index (χ2n) is 7.71. The van der Waals surface area contributed by atoms with Crippen LogP contribution >= 0.6 is 0 Å². The van der Waals surface area contributed by atoms with E-state index in [1.165, 1.54) is 0 Å². The average Bonchev–Trinajstić information content (AvgIpc) is 2.44. The summed E-state index contributed by atoms with van der Waals surface area (Å²) >= 11 is 0. The number of hydrogen-bond acceptors (Lipinski definition) is 8. The highest BCUT2D eigenvalue weighted by Crippen LogP contribution is 2.16. The van der Waals surface area contributed by atoms with Crippen molar-refractivity contribution in [3.63, 3.8) is 0 Å². The first-order valence-electron chi connectivity index (χ1n) is 8.12. The molecule has 2 rings (SSSR count). The summed E-state index contributed by atoms with van der Waals surface area (Å²) in [5.74, 6) is 1.32. The quantitative estimate of drug-likeness (QED) is 0.567. The van der Waals surface area contributed by atoms with Crippen molar-refractivity contribution < 1.29 is 0 Å². The lowest BCUT2D eigenvalue weighted by Crippen LogP contribution is -2.30. The summed E-state index contributed by atoms with van der Waals surface area (Å²) in [4.78, 5) is 17.2. The lowest BCUT2D eigenvalue weighted by molar-refractivity contribution is 0.616. The van der Waals surface area contributed by atoms with Crippen LogP contribution in [0.2, 0.25) is 0 Å². The number of hydrogen-bond donors (Lipinski definition) is 3. The maximum Gasteiger partial charge on any atom is 0.250 e. The summed E-state index contributed by atoms with van der Waals surface area (Å²) in [7, 11) is 0. The molecule has 3 N–H and O–H groups in total. The minimum atomic E-state index is -0.170. The van der Waals surface area contributed by atoms with Gasteiger partial charge in [0.25, 0.3) is 0 Å². The first-order chi connectivity index (χ1) is 11.6. The Morgan fingerprint density at radius 1 is 0.880 bits per heavy atom. The molecule has 0 atom stereocenters. The molecule has 0 aromatic carbocycles. The van der Waals surface area contributed by atoms with E-state index in [0.717, 1.165) is 5.56 Å². The zero-order valence-corrected chi connectivity index (χ0v) is 15.6. The Morgan fingerprint density at radius 2 is 1.44 bits per heavy atom. The largest absolute Gasteiger partial charge is 0.349 e. The summed E-state index contributed by atoms with van der Waals surface area (Å²) in [6.45, 7) is 12.3. The van der Waals surface area contributed by atoms with Gasteiger partial charge in [0.2, 0.25) is 17.8 Å². The van der Waals surface area contributed by atoms with Crippen LogP contribution in [0.5, 0.6) is 0 Å². The first-order valence-corrected chi connectivity index (χ1v) is 8.12. The van der Waals surface area contributed by atoms with Gasteiger partial charge in [0.05, 0.1) is 6.21 Å². The van der Waals surface area contributed by atoms with E-state index in [1.54, 1.807) is 18.6 Å². The lowest BCUT2D eigenvalue weighted by atomic mass is 10.1. The summed E-state index contributed by atoms with van der Waals surface area (Å²) in [5, 5.41) is 10.7. The molecule has 25 heavy (non-hydrogen) atoms. The Labute approximate surface area is 148 Å². The second-order valence-corrected chi connectivity index (χ2v) is 7.71. The SMILES string of the molecule is CC(C)(C)Nc1nc(N/N=C/c2cccnc2)nc(NC(C)(C)C)n1. The van der Waals surface area contributed by atoms with Crippen LogP contribution in [-0.4, -0.2) is 37.2 Å². The van der Waals surface area contributed by atoms with Crippen LogP contribution in [-0.2, 0) is 0 Å². The van der Waals surface area contributed by atoms with Crippen molar-refractivity contribution >= 4 is 24.1 Å². The van der Waals surface area contributed by atoms with E-state index in [-0.39, 0.29) is 11.1 Å². The van der Waals surface area contributed by atoms with Crippen molar-refractivity contribution in [2.24, 2.45) is 5.10 Å². The molecule has 0 aliphatic heterocycles. The number of nitrogens with one attached hydrogen (secondary N) is 3. The Kier molecular flexibility index (Phi) is 5.51. The van der Waals surface area contributed by atoms with E-state index in [0.29, 0.717) is 17.8 Å². The van der Waals surface area contributed by atoms with Gasteiger partial charge in [-0.25, -0.2) is 5.43 Å². The molecular formula is C17H26N8. The van der Waals surface area contributed by atoms with Crippen molar-refractivity contribution in [3.8, 4) is 0 Å². The van der Waals surface area contributed by atoms with E-state index in [4.69, 9.17) is 0 Å². The molecule has 2 aromatic rings. The molecule has 0 fully saturated rings. The molecule has 2 heterocycles. The van der Waals surface area contributed by atoms with Gasteiger partial charge in [0, 0.05) is 29.0 Å². The third-order valence-corrected chi connectivity index (χ3v) is 2.67. The van der Waals surface area contributed by atoms with E-state index in [9.17, 15) is 0 Å². The molecule has 0 saturated carbocycles. The summed E-state index contributed by atoms with van der Waals surface area (Å²) in [6.07, 6.45) is 5.09. The maximum absolute atomic E-state index is 4.42. The monoisotopic (exact) mass is 342 g/mol. The molecule has 0 spiro atoms. The molecule has 2 aromatic heterocycles. The number of rotatable bonds is 5. The maximum atomic E-state index is 4.42. The molecule has 8 heteroatoms. The van der Waals surface area contributed by atoms with Crippen molar-refractivity contribution in [2.45, 2.75) is 52.6 Å². The Hall–Kier alpha value is -2.77. The number of pyridine rings is 1. The molecule has 0 radical (unpaired) electrons. The fourth-order valence-electron chi connectivity index (χ4n) is 1.83. The number of aromatic nitrogens is 4. The van der Waals surface area contributed by atoms with Crippen molar-refractivity contribution in [2.75, 3.05) is 16.1 Å². The van der Waals surface area contributed by atoms with Gasteiger partial charge < -0.3 is 10.6 Å². The van der Waals surface area contributed by atoms with Crippen LogP contribution in [0.15, 0.2) is 29.6 Å². The summed E-state index contributed by atoms with van der Waals surface area (Å²) in [5.41, 5.74) is 3.38. The number of anilines is 3. The first kappa shape index (κ1) is 18.6. The van der Waals surface area contributed by atoms with Gasteiger partial charge in [0.15, 0.2) is 0 Å². The van der Waals surface area contributed by atoms with E-state index in [1.807, 2.05) is 53.7 Å². The van der Waals surface area contributed by atoms with Gasteiger partial charge in [-0.2, -0.15) is 20.1 Å². The molecule has 8 nitrogen and oxygen atoms in total. The minimum Gasteiger partial charge on any atom is -0.349 e. The third kappa shape index (κ3) is 7.11. The molecule has 0 saturated heterocycles. The minimum absolute atomic E-state index is 0.170. The van der Waals surface area contributed by atoms with Crippen LogP contribution in [0.25, 0.3) is 0 Å². The number of nitrogens with zero attached hydrogens (tertiary/aromatic N) is 5. The Morgan fingerprint density at radius 3 is 1.92 bits per heavy atom. The fraction of sp³-hybridized carbons (Fsp3) is 0.471. The molecule has 0 aliphatic rings. The van der Waals surface area contributed by atoms with Crippen molar-refractivity contribution in [1.29, 1.82) is 0 Å². The standard InChI is InChI=1S/C17H26N8/c1-16(2,3)23-13-20-14(24-17(4,5)6)22-15(21-13)25-19-11-12-8-7-9-18-10-12/h7-11H,1-6H3,(H3,20,21,22,23,24,25)/b19-11+. The van der Waals surface area contributed by atoms with Crippen LogP contribution in [0, 0.1) is 0 Å². The van der Waals surface area contributed by atoms with Crippen LogP contribution in [0.3, 0.4) is 0 Å². The predicted molar refractivity (Wildman–Crippen MR) is 102 cm³/mol. The smallest absolute Gasteiger partial charge is 0.250 e. The van der Waals surface area contributed by atoms with Gasteiger partial charge >= 0.3 is 0 Å². The van der Waals surface area contributed by atoms with Crippen molar-refractivity contribution in [1.82, 2.24) is 19.9 Å². The summed E-state index contributed by atoms with van der Waals surface area (Å²) in [6, 6.07) is 3.76. The van der Waals surface area contributed by atoms with Gasteiger partial charge in [-0.3, -0.25) is 4.98 Å². The third-order valence-electron chi connectivity index (χ3n) is 2.67. The van der Waals surface area contributed by atoms with E-state index >= 15 is 0 Å². The highest BCUT2D eigenvalue weighted by atomic mass is 15.4. The highest BCUT2D eigenvalue weighted by molar-refractivity contribution is 5.79. The fourth-order valence-corrected chi connectivity index (χ4v) is 1.83. The Balaban J connectivity index is 2.21. The predicted octanol–water partition coefficient (Wildman–Crippen LogP) is 3.13. The van der Waals surface area contributed by atoms with Gasteiger partial charge in [-0.15, -0.1) is 0 Å². The second kappa shape index (κ2) is 7.42. The average molecular weight is 342 g/mol. The normalized spacial score (nSPS) is 12.2. The zero-order valence-electron chi connectivity index (χ0n) is 15.6. The molecule has 0 bridgehead atoms. The van der Waals surface area contributed by atoms with Crippen LogP contribution in [0.4, 0.5) is 17.8 Å². The lowest BCUT2D eigenvalue weighted by Gasteiger charge is -2.23. The van der Waals surface area contributed by atoms with Crippen LogP contribution < -0.4 is 16.1 Å². The van der Waals surface area contributed by atoms with E-state index in [2.05, 4.69) is 41.1 Å². The van der Waals surface area contributed by atoms with Gasteiger partial charge in [-0.1, -0.05) is 6.07 Å². The van der Waals surface area contributed by atoms with E-state index < -0.39 is 0 Å². The topological polar surface area (TPSA) is 100 Å². The molecule has 0 amide bonds. The number of hydrazone groups is 1. The van der Waals surface area contributed by atoms with Gasteiger partial charge in [-0.05, 0) is 47.6 Å².